The van der Waals surface area contributed by atoms with Crippen LogP contribution >= 0.6 is 15.9 Å². The third-order valence-corrected chi connectivity index (χ3v) is 5.03. The third kappa shape index (κ3) is 3.13. The summed E-state index contributed by atoms with van der Waals surface area (Å²) in [5.41, 5.74) is 0.756. The van der Waals surface area contributed by atoms with Crippen molar-refractivity contribution in [2.24, 2.45) is 0 Å². The summed E-state index contributed by atoms with van der Waals surface area (Å²) in [4.78, 5) is 23.8. The van der Waals surface area contributed by atoms with E-state index in [1.54, 1.807) is 0 Å². The number of carbonyl (C=O) groups is 2. The number of benzene rings is 1. The van der Waals surface area contributed by atoms with Gasteiger partial charge < -0.3 is 14.8 Å². The molecular weight excluding hydrogens is 362 g/mol. The van der Waals surface area contributed by atoms with Crippen molar-refractivity contribution >= 4 is 38.8 Å². The molecule has 0 spiro atoms. The molecule has 1 aliphatic rings. The van der Waals surface area contributed by atoms with Crippen molar-refractivity contribution in [3.63, 3.8) is 0 Å². The van der Waals surface area contributed by atoms with E-state index in [0.29, 0.717) is 18.4 Å². The van der Waals surface area contributed by atoms with Crippen LogP contribution in [0.2, 0.25) is 0 Å². The highest BCUT2D eigenvalue weighted by atomic mass is 79.9. The molecule has 2 N–H and O–H groups in total. The minimum absolute atomic E-state index is 0.0520. The number of carboxylic acid groups (broad SMARTS) is 1. The van der Waals surface area contributed by atoms with Crippen LogP contribution in [0.25, 0.3) is 11.0 Å². The zero-order chi connectivity index (χ0) is 16.6. The normalized spacial score (nSPS) is 16.6. The Kier molecular flexibility index (Phi) is 4.19. The largest absolute Gasteiger partial charge is 0.481 e. The van der Waals surface area contributed by atoms with Crippen molar-refractivity contribution < 1.29 is 19.1 Å². The van der Waals surface area contributed by atoms with Crippen molar-refractivity contribution in [2.75, 3.05) is 0 Å². The van der Waals surface area contributed by atoms with E-state index in [1.807, 2.05) is 25.1 Å². The maximum absolute atomic E-state index is 12.7. The number of hydrogen-bond acceptors (Lipinski definition) is 3. The molecule has 0 unspecified atom stereocenters. The topological polar surface area (TPSA) is 79.5 Å². The summed E-state index contributed by atoms with van der Waals surface area (Å²) in [7, 11) is 0. The minimum atomic E-state index is -0.891. The maximum atomic E-state index is 12.7. The molecule has 0 bridgehead atoms. The lowest BCUT2D eigenvalue weighted by Gasteiger charge is -2.28. The van der Waals surface area contributed by atoms with E-state index in [2.05, 4.69) is 21.2 Å². The van der Waals surface area contributed by atoms with Crippen LogP contribution in [0.3, 0.4) is 0 Å². The van der Waals surface area contributed by atoms with Crippen LogP contribution in [-0.2, 0) is 4.79 Å². The Morgan fingerprint density at radius 3 is 2.70 bits per heavy atom. The van der Waals surface area contributed by atoms with Crippen LogP contribution in [0.5, 0.6) is 0 Å². The maximum Gasteiger partial charge on any atom is 0.305 e. The Hall–Kier alpha value is -1.82. The van der Waals surface area contributed by atoms with E-state index < -0.39 is 11.5 Å². The molecule has 2 aromatic rings. The van der Waals surface area contributed by atoms with Gasteiger partial charge in [0, 0.05) is 15.4 Å². The molecule has 0 aliphatic heterocycles. The van der Waals surface area contributed by atoms with Crippen molar-refractivity contribution in [1.82, 2.24) is 5.32 Å². The van der Waals surface area contributed by atoms with E-state index in [4.69, 9.17) is 9.52 Å². The molecule has 3 rings (SSSR count). The zero-order valence-electron chi connectivity index (χ0n) is 12.8. The van der Waals surface area contributed by atoms with Crippen LogP contribution in [0, 0.1) is 6.92 Å². The summed E-state index contributed by atoms with van der Waals surface area (Å²) in [6.07, 6.45) is 3.19. The summed E-state index contributed by atoms with van der Waals surface area (Å²) in [6.45, 7) is 1.84. The lowest BCUT2D eigenvalue weighted by atomic mass is 9.93. The average Bonchev–Trinajstić information content (AvgIpc) is 3.04. The number of fused-ring (bicyclic) bond motifs is 1. The van der Waals surface area contributed by atoms with E-state index in [1.165, 1.54) is 0 Å². The average molecular weight is 380 g/mol. The van der Waals surface area contributed by atoms with Crippen molar-refractivity contribution in [3.8, 4) is 0 Å². The Morgan fingerprint density at radius 1 is 1.35 bits per heavy atom. The molecule has 1 saturated carbocycles. The molecule has 1 aliphatic carbocycles. The second kappa shape index (κ2) is 6.00. The highest BCUT2D eigenvalue weighted by Crippen LogP contribution is 2.34. The Bertz CT molecular complexity index is 774. The van der Waals surface area contributed by atoms with Gasteiger partial charge in [-0.3, -0.25) is 9.59 Å². The number of amides is 1. The number of carboxylic acids is 1. The molecule has 1 amide bonds. The Labute approximate surface area is 142 Å². The number of carbonyl (C=O) groups excluding carboxylic acids is 1. The first-order valence-corrected chi connectivity index (χ1v) is 8.42. The molecule has 122 valence electrons. The van der Waals surface area contributed by atoms with Crippen LogP contribution in [0.15, 0.2) is 27.1 Å². The molecule has 0 radical (unpaired) electrons. The second-order valence-corrected chi connectivity index (χ2v) is 7.12. The minimum Gasteiger partial charge on any atom is -0.481 e. The molecule has 23 heavy (non-hydrogen) atoms. The van der Waals surface area contributed by atoms with Crippen LogP contribution in [0.4, 0.5) is 0 Å². The lowest BCUT2D eigenvalue weighted by Crippen LogP contribution is -2.47. The number of hydrogen-bond donors (Lipinski definition) is 2. The first-order valence-electron chi connectivity index (χ1n) is 7.63. The quantitative estimate of drug-likeness (QED) is 0.840. The van der Waals surface area contributed by atoms with Crippen molar-refractivity contribution in [2.45, 2.75) is 44.6 Å². The van der Waals surface area contributed by atoms with Gasteiger partial charge in [0.2, 0.25) is 0 Å². The number of furan rings is 1. The molecule has 6 heteroatoms. The van der Waals surface area contributed by atoms with Gasteiger partial charge in [-0.15, -0.1) is 0 Å². The summed E-state index contributed by atoms with van der Waals surface area (Å²) < 4.78 is 6.61. The fourth-order valence-electron chi connectivity index (χ4n) is 3.39. The fourth-order valence-corrected chi connectivity index (χ4v) is 3.76. The molecule has 1 heterocycles. The first kappa shape index (κ1) is 16.1. The van der Waals surface area contributed by atoms with E-state index >= 15 is 0 Å². The standard InChI is InChI=1S/C17H18BrNO4/c1-10-12-8-11(18)4-5-13(12)23-15(10)16(22)19-17(9-14(20)21)6-2-3-7-17/h4-5,8H,2-3,6-7,9H2,1H3,(H,19,22)(H,20,21). The Morgan fingerprint density at radius 2 is 2.04 bits per heavy atom. The van der Waals surface area contributed by atoms with E-state index in [9.17, 15) is 9.59 Å². The van der Waals surface area contributed by atoms with Crippen molar-refractivity contribution in [3.05, 3.63) is 34.0 Å². The molecule has 1 fully saturated rings. The van der Waals surface area contributed by atoms with Crippen LogP contribution in [-0.4, -0.2) is 22.5 Å². The van der Waals surface area contributed by atoms with Gasteiger partial charge in [-0.2, -0.15) is 0 Å². The number of rotatable bonds is 4. The molecule has 1 aromatic heterocycles. The summed E-state index contributed by atoms with van der Waals surface area (Å²) in [5.74, 6) is -0.967. The van der Waals surface area contributed by atoms with Gasteiger partial charge in [-0.1, -0.05) is 28.8 Å². The van der Waals surface area contributed by atoms with Gasteiger partial charge in [0.05, 0.1) is 12.0 Å². The number of aryl methyl sites for hydroxylation is 1. The van der Waals surface area contributed by atoms with Crippen LogP contribution in [0.1, 0.15) is 48.2 Å². The zero-order valence-corrected chi connectivity index (χ0v) is 14.4. The third-order valence-electron chi connectivity index (χ3n) is 4.53. The number of aliphatic carboxylic acids is 1. The summed E-state index contributed by atoms with van der Waals surface area (Å²) >= 11 is 3.41. The molecular formula is C17H18BrNO4. The number of halogens is 1. The Balaban J connectivity index is 1.91. The van der Waals surface area contributed by atoms with Gasteiger partial charge >= 0.3 is 5.97 Å². The highest BCUT2D eigenvalue weighted by molar-refractivity contribution is 9.10. The highest BCUT2D eigenvalue weighted by Gasteiger charge is 2.38. The smallest absolute Gasteiger partial charge is 0.305 e. The molecule has 5 nitrogen and oxygen atoms in total. The van der Waals surface area contributed by atoms with Crippen molar-refractivity contribution in [1.29, 1.82) is 0 Å². The fraction of sp³-hybridized carbons (Fsp3) is 0.412. The van der Waals surface area contributed by atoms with Crippen LogP contribution < -0.4 is 5.32 Å². The van der Waals surface area contributed by atoms with Gasteiger partial charge in [-0.25, -0.2) is 0 Å². The molecule has 0 saturated heterocycles. The van der Waals surface area contributed by atoms with E-state index in [-0.39, 0.29) is 18.1 Å². The lowest BCUT2D eigenvalue weighted by molar-refractivity contribution is -0.138. The molecule has 0 atom stereocenters. The number of nitrogens with one attached hydrogen (secondary N) is 1. The predicted molar refractivity (Wildman–Crippen MR) is 89.6 cm³/mol. The van der Waals surface area contributed by atoms with E-state index in [0.717, 1.165) is 28.3 Å². The predicted octanol–water partition coefficient (Wildman–Crippen LogP) is 4.02. The molecule has 1 aromatic carbocycles. The van der Waals surface area contributed by atoms with Gasteiger partial charge in [0.1, 0.15) is 5.58 Å². The monoisotopic (exact) mass is 379 g/mol. The van der Waals surface area contributed by atoms with Gasteiger partial charge in [0.15, 0.2) is 5.76 Å². The van der Waals surface area contributed by atoms with Gasteiger partial charge in [-0.05, 0) is 38.0 Å². The summed E-state index contributed by atoms with van der Waals surface area (Å²) in [6, 6.07) is 5.58. The second-order valence-electron chi connectivity index (χ2n) is 6.21. The SMILES string of the molecule is Cc1c(C(=O)NC2(CC(=O)O)CCCC2)oc2ccc(Br)cc12. The van der Waals surface area contributed by atoms with Gasteiger partial charge in [0.25, 0.3) is 5.91 Å². The first-order chi connectivity index (χ1) is 10.9. The summed E-state index contributed by atoms with van der Waals surface area (Å²) in [5, 5.41) is 13.0.